The van der Waals surface area contributed by atoms with Crippen molar-refractivity contribution in [3.63, 3.8) is 0 Å². The molecule has 0 heterocycles. The van der Waals surface area contributed by atoms with Crippen LogP contribution in [0.5, 0.6) is 0 Å². The fraction of sp³-hybridized carbons (Fsp3) is 0.588. The number of amides is 1. The van der Waals surface area contributed by atoms with E-state index in [9.17, 15) is 4.79 Å². The van der Waals surface area contributed by atoms with E-state index in [2.05, 4.69) is 31.3 Å². The van der Waals surface area contributed by atoms with E-state index < -0.39 is 0 Å². The van der Waals surface area contributed by atoms with E-state index in [0.717, 1.165) is 31.2 Å². The molecular weight excluding hydrogens is 248 g/mol. The average Bonchev–Trinajstić information content (AvgIpc) is 2.52. The molecule has 1 amide bonds. The summed E-state index contributed by atoms with van der Waals surface area (Å²) < 4.78 is 0. The molecule has 3 N–H and O–H groups in total. The van der Waals surface area contributed by atoms with Crippen molar-refractivity contribution >= 4 is 5.91 Å². The second-order valence-corrected chi connectivity index (χ2v) is 5.84. The summed E-state index contributed by atoms with van der Waals surface area (Å²) in [5.74, 6) is 0.00697. The van der Waals surface area contributed by atoms with Gasteiger partial charge in [0.25, 0.3) is 5.91 Å². The number of nitrogens with one attached hydrogen (secondary N) is 1. The van der Waals surface area contributed by atoms with Crippen molar-refractivity contribution in [2.75, 3.05) is 6.54 Å². The quantitative estimate of drug-likeness (QED) is 0.867. The Kier molecular flexibility index (Phi) is 4.81. The van der Waals surface area contributed by atoms with Gasteiger partial charge in [0.1, 0.15) is 0 Å². The van der Waals surface area contributed by atoms with Gasteiger partial charge in [-0.1, -0.05) is 19.9 Å². The number of carbonyl (C=O) groups excluding carboxylic acids is 1. The maximum absolute atomic E-state index is 12.5. The first-order chi connectivity index (χ1) is 9.64. The summed E-state index contributed by atoms with van der Waals surface area (Å²) in [4.78, 5) is 12.5. The first kappa shape index (κ1) is 15.0. The van der Waals surface area contributed by atoms with Crippen LogP contribution in [0.25, 0.3) is 0 Å². The predicted octanol–water partition coefficient (Wildman–Crippen LogP) is 2.81. The molecule has 0 bridgehead atoms. The highest BCUT2D eigenvalue weighted by atomic mass is 16.1. The highest BCUT2D eigenvalue weighted by Crippen LogP contribution is 2.23. The average molecular weight is 274 g/mol. The van der Waals surface area contributed by atoms with E-state index in [4.69, 9.17) is 5.73 Å². The van der Waals surface area contributed by atoms with Gasteiger partial charge in [-0.3, -0.25) is 4.79 Å². The lowest BCUT2D eigenvalue weighted by molar-refractivity contribution is 0.0895. The van der Waals surface area contributed by atoms with Gasteiger partial charge in [-0.2, -0.15) is 0 Å². The zero-order valence-electron chi connectivity index (χ0n) is 12.7. The molecule has 0 saturated carbocycles. The molecule has 0 aliphatic heterocycles. The molecule has 0 atom stereocenters. The van der Waals surface area contributed by atoms with Crippen LogP contribution < -0.4 is 11.1 Å². The number of benzene rings is 1. The number of nitrogens with two attached hydrogens (primary N) is 1. The van der Waals surface area contributed by atoms with Gasteiger partial charge in [0, 0.05) is 12.1 Å². The molecule has 1 aromatic rings. The fourth-order valence-electron chi connectivity index (χ4n) is 2.95. The predicted molar refractivity (Wildman–Crippen MR) is 82.9 cm³/mol. The molecule has 1 aliphatic carbocycles. The Balaban J connectivity index is 2.17. The molecule has 3 heteroatoms. The normalized spacial score (nSPS) is 14.8. The van der Waals surface area contributed by atoms with Crippen LogP contribution in [0, 0.1) is 0 Å². The molecule has 0 radical (unpaired) electrons. The third-order valence-corrected chi connectivity index (χ3v) is 4.73. The number of hydrogen-bond donors (Lipinski definition) is 2. The standard InChI is InChI=1S/C17H26N2O/c1-3-17(4-2,12-18)19-16(20)15-10-9-13-7-5-6-8-14(13)11-15/h9-11H,3-8,12,18H2,1-2H3,(H,19,20). The molecule has 1 aliphatic rings. The molecule has 0 aromatic heterocycles. The van der Waals surface area contributed by atoms with Crippen LogP contribution in [0.4, 0.5) is 0 Å². The largest absolute Gasteiger partial charge is 0.345 e. The van der Waals surface area contributed by atoms with Gasteiger partial charge in [0.05, 0.1) is 5.54 Å². The van der Waals surface area contributed by atoms with Crippen LogP contribution in [0.1, 0.15) is 61.0 Å². The van der Waals surface area contributed by atoms with Crippen LogP contribution in [-0.4, -0.2) is 18.0 Å². The number of fused-ring (bicyclic) bond motifs is 1. The molecule has 0 saturated heterocycles. The molecule has 0 spiro atoms. The van der Waals surface area contributed by atoms with Gasteiger partial charge < -0.3 is 11.1 Å². The van der Waals surface area contributed by atoms with Crippen molar-refractivity contribution < 1.29 is 4.79 Å². The van der Waals surface area contributed by atoms with E-state index in [1.54, 1.807) is 0 Å². The lowest BCUT2D eigenvalue weighted by atomic mass is 9.89. The minimum absolute atomic E-state index is 0.00697. The van der Waals surface area contributed by atoms with Crippen molar-refractivity contribution in [3.8, 4) is 0 Å². The summed E-state index contributed by atoms with van der Waals surface area (Å²) in [5, 5.41) is 3.14. The highest BCUT2D eigenvalue weighted by molar-refractivity contribution is 5.95. The third kappa shape index (κ3) is 3.04. The minimum Gasteiger partial charge on any atom is -0.345 e. The lowest BCUT2D eigenvalue weighted by Crippen LogP contribution is -2.52. The number of aryl methyl sites for hydroxylation is 2. The molecule has 1 aromatic carbocycles. The molecule has 3 nitrogen and oxygen atoms in total. The van der Waals surface area contributed by atoms with E-state index in [0.29, 0.717) is 6.54 Å². The second-order valence-electron chi connectivity index (χ2n) is 5.84. The van der Waals surface area contributed by atoms with E-state index in [-0.39, 0.29) is 11.4 Å². The Hall–Kier alpha value is -1.35. The summed E-state index contributed by atoms with van der Waals surface area (Å²) in [6.07, 6.45) is 6.45. The summed E-state index contributed by atoms with van der Waals surface area (Å²) in [6.45, 7) is 4.63. The van der Waals surface area contributed by atoms with E-state index >= 15 is 0 Å². The van der Waals surface area contributed by atoms with Gasteiger partial charge in [-0.05, 0) is 61.8 Å². The van der Waals surface area contributed by atoms with Gasteiger partial charge in [0.15, 0.2) is 0 Å². The van der Waals surface area contributed by atoms with E-state index in [1.807, 2.05) is 6.07 Å². The van der Waals surface area contributed by atoms with Gasteiger partial charge in [-0.15, -0.1) is 0 Å². The minimum atomic E-state index is -0.271. The van der Waals surface area contributed by atoms with Crippen molar-refractivity contribution in [1.82, 2.24) is 5.32 Å². The number of carbonyl (C=O) groups is 1. The number of rotatable bonds is 5. The third-order valence-electron chi connectivity index (χ3n) is 4.73. The Morgan fingerprint density at radius 1 is 1.20 bits per heavy atom. The Bertz CT molecular complexity index is 470. The first-order valence-corrected chi connectivity index (χ1v) is 7.78. The van der Waals surface area contributed by atoms with Gasteiger partial charge in [-0.25, -0.2) is 0 Å². The summed E-state index contributed by atoms with van der Waals surface area (Å²) >= 11 is 0. The molecule has 0 unspecified atom stereocenters. The Morgan fingerprint density at radius 2 is 1.85 bits per heavy atom. The first-order valence-electron chi connectivity index (χ1n) is 7.78. The molecule has 2 rings (SSSR count). The maximum atomic E-state index is 12.5. The van der Waals surface area contributed by atoms with Crippen molar-refractivity contribution in [3.05, 3.63) is 34.9 Å². The smallest absolute Gasteiger partial charge is 0.251 e. The van der Waals surface area contributed by atoms with Crippen LogP contribution in [0.15, 0.2) is 18.2 Å². The second kappa shape index (κ2) is 6.40. The Labute approximate surface area is 121 Å². The number of hydrogen-bond acceptors (Lipinski definition) is 2. The van der Waals surface area contributed by atoms with Gasteiger partial charge >= 0.3 is 0 Å². The maximum Gasteiger partial charge on any atom is 0.251 e. The summed E-state index contributed by atoms with van der Waals surface area (Å²) in [6, 6.07) is 6.13. The van der Waals surface area contributed by atoms with Crippen LogP contribution in [0.2, 0.25) is 0 Å². The lowest BCUT2D eigenvalue weighted by Gasteiger charge is -2.31. The fourth-order valence-corrected chi connectivity index (χ4v) is 2.95. The molecular formula is C17H26N2O. The zero-order chi connectivity index (χ0) is 14.6. The van der Waals surface area contributed by atoms with Crippen LogP contribution in [-0.2, 0) is 12.8 Å². The molecule has 0 fully saturated rings. The Morgan fingerprint density at radius 3 is 2.45 bits per heavy atom. The SMILES string of the molecule is CCC(CC)(CN)NC(=O)c1ccc2c(c1)CCCC2. The van der Waals surface area contributed by atoms with Crippen LogP contribution >= 0.6 is 0 Å². The molecule has 20 heavy (non-hydrogen) atoms. The van der Waals surface area contributed by atoms with Crippen LogP contribution in [0.3, 0.4) is 0 Å². The highest BCUT2D eigenvalue weighted by Gasteiger charge is 2.27. The summed E-state index contributed by atoms with van der Waals surface area (Å²) in [5.41, 5.74) is 9.10. The monoisotopic (exact) mass is 274 g/mol. The van der Waals surface area contributed by atoms with E-state index in [1.165, 1.54) is 24.0 Å². The zero-order valence-corrected chi connectivity index (χ0v) is 12.7. The van der Waals surface area contributed by atoms with Gasteiger partial charge in [0.2, 0.25) is 0 Å². The van der Waals surface area contributed by atoms with Crippen molar-refractivity contribution in [2.24, 2.45) is 5.73 Å². The van der Waals surface area contributed by atoms with Crippen molar-refractivity contribution in [2.45, 2.75) is 57.9 Å². The molecule has 110 valence electrons. The van der Waals surface area contributed by atoms with Crippen molar-refractivity contribution in [1.29, 1.82) is 0 Å². The topological polar surface area (TPSA) is 55.1 Å². The summed E-state index contributed by atoms with van der Waals surface area (Å²) in [7, 11) is 0.